The highest BCUT2D eigenvalue weighted by Crippen LogP contribution is 2.26. The first-order valence-electron chi connectivity index (χ1n) is 6.44. The zero-order chi connectivity index (χ0) is 13.7. The Bertz CT molecular complexity index is 208. The summed E-state index contributed by atoms with van der Waals surface area (Å²) >= 11 is 3.49. The predicted molar refractivity (Wildman–Crippen MR) is 88.3 cm³/mol. The van der Waals surface area contributed by atoms with Crippen LogP contribution in [0.2, 0.25) is 51.9 Å². The Kier molecular flexibility index (Phi) is 7.43. The van der Waals surface area contributed by atoms with Crippen LogP contribution in [0.25, 0.3) is 0 Å². The summed E-state index contributed by atoms with van der Waals surface area (Å²) in [6, 6.07) is 1.13. The van der Waals surface area contributed by atoms with Crippen LogP contribution < -0.4 is 0 Å². The van der Waals surface area contributed by atoms with Crippen molar-refractivity contribution in [3.8, 4) is 0 Å². The van der Waals surface area contributed by atoms with Gasteiger partial charge in [0.15, 0.2) is 16.6 Å². The molecule has 0 aliphatic heterocycles. The van der Waals surface area contributed by atoms with E-state index < -0.39 is 25.2 Å². The van der Waals surface area contributed by atoms with Gasteiger partial charge >= 0.3 is 8.56 Å². The third kappa shape index (κ3) is 10.6. The Morgan fingerprint density at radius 1 is 0.765 bits per heavy atom. The number of hydrogen-bond acceptors (Lipinski definition) is 2. The molecule has 0 atom stereocenters. The fourth-order valence-electron chi connectivity index (χ4n) is 1.96. The maximum Gasteiger partial charge on any atom is 0.314 e. The highest BCUT2D eigenvalue weighted by molar-refractivity contribution is 9.09. The highest BCUT2D eigenvalue weighted by Gasteiger charge is 2.39. The summed E-state index contributed by atoms with van der Waals surface area (Å²) in [5.41, 5.74) is 0. The molecule has 2 nitrogen and oxygen atoms in total. The molecule has 0 aliphatic carbocycles. The Morgan fingerprint density at radius 2 is 1.18 bits per heavy atom. The minimum atomic E-state index is -1.95. The first kappa shape index (κ1) is 18.1. The topological polar surface area (TPSA) is 18.5 Å². The molecule has 0 aromatic carbocycles. The Labute approximate surface area is 119 Å². The molecule has 104 valence electrons. The molecule has 0 spiro atoms. The van der Waals surface area contributed by atoms with Gasteiger partial charge in [-0.05, 0) is 58.3 Å². The van der Waals surface area contributed by atoms with Gasteiger partial charge in [0.1, 0.15) is 0 Å². The molecule has 0 rings (SSSR count). The van der Waals surface area contributed by atoms with Crippen LogP contribution in [0.5, 0.6) is 0 Å². The van der Waals surface area contributed by atoms with E-state index >= 15 is 0 Å². The zero-order valence-corrected chi connectivity index (χ0v) is 17.1. The van der Waals surface area contributed by atoms with Gasteiger partial charge in [-0.25, -0.2) is 0 Å². The van der Waals surface area contributed by atoms with E-state index in [1.165, 1.54) is 12.8 Å². The van der Waals surface area contributed by atoms with Crippen molar-refractivity contribution in [3.63, 3.8) is 0 Å². The average Bonchev–Trinajstić information content (AvgIpc) is 1.96. The predicted octanol–water partition coefficient (Wildman–Crippen LogP) is 4.94. The number of unbranched alkanes of at least 4 members (excludes halogenated alkanes) is 1. The Balaban J connectivity index is 4.57. The summed E-state index contributed by atoms with van der Waals surface area (Å²) in [7, 11) is -4.97. The fourth-order valence-corrected chi connectivity index (χ4v) is 15.0. The van der Waals surface area contributed by atoms with Gasteiger partial charge in [0.25, 0.3) is 0 Å². The van der Waals surface area contributed by atoms with Crippen LogP contribution >= 0.6 is 15.9 Å². The van der Waals surface area contributed by atoms with E-state index in [-0.39, 0.29) is 0 Å². The Morgan fingerprint density at radius 3 is 1.47 bits per heavy atom. The molecular formula is C11H29BrO2Si3. The van der Waals surface area contributed by atoms with Gasteiger partial charge in [0, 0.05) is 5.33 Å². The third-order valence-corrected chi connectivity index (χ3v) is 12.2. The van der Waals surface area contributed by atoms with Gasteiger partial charge in [0.05, 0.1) is 0 Å². The van der Waals surface area contributed by atoms with Gasteiger partial charge in [-0.1, -0.05) is 22.4 Å². The second kappa shape index (κ2) is 7.00. The van der Waals surface area contributed by atoms with Crippen LogP contribution in [0, 0.1) is 0 Å². The van der Waals surface area contributed by atoms with Crippen molar-refractivity contribution < 1.29 is 8.23 Å². The standard InChI is InChI=1S/C11H29BrO2Si3/c1-15(2,3)13-17(7,11-9-8-10-12)14-16(4,5)6/h8-11H2,1-7H3. The lowest BCUT2D eigenvalue weighted by Gasteiger charge is -2.38. The van der Waals surface area contributed by atoms with Gasteiger partial charge in [0.2, 0.25) is 0 Å². The van der Waals surface area contributed by atoms with E-state index in [1.807, 2.05) is 0 Å². The maximum absolute atomic E-state index is 6.42. The van der Waals surface area contributed by atoms with Crippen molar-refractivity contribution in [1.29, 1.82) is 0 Å². The molecular weight excluding hydrogens is 328 g/mol. The molecule has 0 saturated carbocycles. The van der Waals surface area contributed by atoms with E-state index in [9.17, 15) is 0 Å². The lowest BCUT2D eigenvalue weighted by molar-refractivity contribution is 0.381. The molecule has 0 saturated heterocycles. The molecule has 0 radical (unpaired) electrons. The lowest BCUT2D eigenvalue weighted by Crippen LogP contribution is -2.52. The van der Waals surface area contributed by atoms with Crippen LogP contribution in [0.4, 0.5) is 0 Å². The molecule has 0 amide bonds. The van der Waals surface area contributed by atoms with E-state index in [1.54, 1.807) is 0 Å². The Hall–Kier alpha value is 1.05. The van der Waals surface area contributed by atoms with Crippen molar-refractivity contribution in [3.05, 3.63) is 0 Å². The smallest absolute Gasteiger partial charge is 0.314 e. The van der Waals surface area contributed by atoms with Crippen molar-refractivity contribution >= 4 is 41.1 Å². The van der Waals surface area contributed by atoms with Gasteiger partial charge in [-0.3, -0.25) is 0 Å². The van der Waals surface area contributed by atoms with E-state index in [0.29, 0.717) is 0 Å². The van der Waals surface area contributed by atoms with E-state index in [0.717, 1.165) is 11.4 Å². The number of hydrogen-bond donors (Lipinski definition) is 0. The number of halogens is 1. The van der Waals surface area contributed by atoms with E-state index in [4.69, 9.17) is 8.23 Å². The molecule has 0 fully saturated rings. The van der Waals surface area contributed by atoms with Crippen molar-refractivity contribution in [2.24, 2.45) is 0 Å². The van der Waals surface area contributed by atoms with Crippen LogP contribution in [-0.2, 0) is 8.23 Å². The molecule has 0 aliphatic rings. The second-order valence-electron chi connectivity index (χ2n) is 6.71. The first-order valence-corrected chi connectivity index (χ1v) is 16.9. The molecule has 0 bridgehead atoms. The summed E-state index contributed by atoms with van der Waals surface area (Å²) in [5.74, 6) is 0. The molecule has 0 aromatic rings. The lowest BCUT2D eigenvalue weighted by atomic mass is 10.4. The summed E-state index contributed by atoms with van der Waals surface area (Å²) in [5, 5.41) is 1.08. The zero-order valence-electron chi connectivity index (χ0n) is 12.5. The maximum atomic E-state index is 6.42. The highest BCUT2D eigenvalue weighted by atomic mass is 79.9. The largest absolute Gasteiger partial charge is 0.437 e. The molecule has 0 heterocycles. The van der Waals surface area contributed by atoms with Crippen LogP contribution in [-0.4, -0.2) is 30.5 Å². The number of alkyl halides is 1. The minimum absolute atomic E-state index is 1.08. The van der Waals surface area contributed by atoms with E-state index in [2.05, 4.69) is 61.8 Å². The fraction of sp³-hybridized carbons (Fsp3) is 1.00. The van der Waals surface area contributed by atoms with Crippen molar-refractivity contribution in [2.75, 3.05) is 5.33 Å². The molecule has 17 heavy (non-hydrogen) atoms. The van der Waals surface area contributed by atoms with Gasteiger partial charge in [-0.2, -0.15) is 0 Å². The minimum Gasteiger partial charge on any atom is -0.437 e. The normalized spacial score (nSPS) is 14.1. The van der Waals surface area contributed by atoms with Gasteiger partial charge in [-0.15, -0.1) is 0 Å². The first-order chi connectivity index (χ1) is 7.47. The quantitative estimate of drug-likeness (QED) is 0.348. The van der Waals surface area contributed by atoms with Gasteiger partial charge < -0.3 is 8.23 Å². The number of rotatable bonds is 8. The molecule has 0 aromatic heterocycles. The van der Waals surface area contributed by atoms with Crippen LogP contribution in [0.3, 0.4) is 0 Å². The van der Waals surface area contributed by atoms with Crippen molar-refractivity contribution in [2.45, 2.75) is 64.7 Å². The van der Waals surface area contributed by atoms with Crippen LogP contribution in [0.1, 0.15) is 12.8 Å². The molecule has 6 heteroatoms. The summed E-state index contributed by atoms with van der Waals surface area (Å²) in [6.45, 7) is 15.8. The third-order valence-electron chi connectivity index (χ3n) is 2.06. The monoisotopic (exact) mass is 356 g/mol. The summed E-state index contributed by atoms with van der Waals surface area (Å²) in [4.78, 5) is 0. The average molecular weight is 358 g/mol. The summed E-state index contributed by atoms with van der Waals surface area (Å²) in [6.07, 6.45) is 2.43. The molecule has 0 N–H and O–H groups in total. The van der Waals surface area contributed by atoms with Crippen LogP contribution in [0.15, 0.2) is 0 Å². The second-order valence-corrected chi connectivity index (χ2v) is 20.4. The summed E-state index contributed by atoms with van der Waals surface area (Å²) < 4.78 is 12.8. The van der Waals surface area contributed by atoms with Crippen molar-refractivity contribution in [1.82, 2.24) is 0 Å². The molecule has 0 unspecified atom stereocenters. The SMILES string of the molecule is C[Si](C)(C)O[Si](C)(CCCCBr)O[Si](C)(C)C.